The van der Waals surface area contributed by atoms with Gasteiger partial charge in [0, 0.05) is 0 Å². The Labute approximate surface area is 128 Å². The van der Waals surface area contributed by atoms with Gasteiger partial charge in [-0.25, -0.2) is 0 Å². The molecule has 2 aromatic carbocycles. The molecule has 0 aliphatic heterocycles. The minimum Gasteiger partial charge on any atom is -0.388 e. The first-order chi connectivity index (χ1) is 10.0. The molecule has 0 heterocycles. The van der Waals surface area contributed by atoms with Gasteiger partial charge in [0.15, 0.2) is 0 Å². The highest BCUT2D eigenvalue weighted by atomic mass is 16.3. The van der Waals surface area contributed by atoms with E-state index in [2.05, 4.69) is 57.2 Å². The van der Waals surface area contributed by atoms with Gasteiger partial charge in [0.1, 0.15) is 0 Å². The molecular formula is C20H26O. The largest absolute Gasteiger partial charge is 0.388 e. The summed E-state index contributed by atoms with van der Waals surface area (Å²) in [5.41, 5.74) is 3.83. The van der Waals surface area contributed by atoms with Crippen LogP contribution in [0, 0.1) is 0 Å². The van der Waals surface area contributed by atoms with Crippen LogP contribution in [0.1, 0.15) is 56.4 Å². The second-order valence-electron chi connectivity index (χ2n) is 6.40. The molecule has 1 atom stereocenters. The molecular weight excluding hydrogens is 256 g/mol. The molecule has 0 radical (unpaired) electrons. The molecule has 0 saturated carbocycles. The topological polar surface area (TPSA) is 20.2 Å². The fourth-order valence-electron chi connectivity index (χ4n) is 2.48. The molecule has 0 spiro atoms. The van der Waals surface area contributed by atoms with Crippen molar-refractivity contribution < 1.29 is 5.11 Å². The van der Waals surface area contributed by atoms with Crippen LogP contribution in [0.2, 0.25) is 0 Å². The highest BCUT2D eigenvalue weighted by molar-refractivity contribution is 5.29. The molecule has 1 heteroatoms. The van der Waals surface area contributed by atoms with Gasteiger partial charge in [-0.05, 0) is 41.4 Å². The Hall–Kier alpha value is -1.60. The van der Waals surface area contributed by atoms with Gasteiger partial charge in [-0.3, -0.25) is 0 Å². The van der Waals surface area contributed by atoms with Gasteiger partial charge >= 0.3 is 0 Å². The van der Waals surface area contributed by atoms with Crippen LogP contribution < -0.4 is 0 Å². The third kappa shape index (κ3) is 4.18. The van der Waals surface area contributed by atoms with Crippen molar-refractivity contribution >= 4 is 0 Å². The molecule has 0 aromatic heterocycles. The van der Waals surface area contributed by atoms with Crippen molar-refractivity contribution in [2.75, 3.05) is 0 Å². The molecule has 112 valence electrons. The Morgan fingerprint density at radius 3 is 2.14 bits per heavy atom. The van der Waals surface area contributed by atoms with Gasteiger partial charge in [0.05, 0.1) is 6.10 Å². The zero-order valence-corrected chi connectivity index (χ0v) is 13.3. The Morgan fingerprint density at radius 2 is 1.57 bits per heavy atom. The predicted molar refractivity (Wildman–Crippen MR) is 89.5 cm³/mol. The molecule has 0 bridgehead atoms. The first-order valence-electron chi connectivity index (χ1n) is 7.85. The Kier molecular flexibility index (Phi) is 5.19. The minimum absolute atomic E-state index is 0.202. The van der Waals surface area contributed by atoms with Crippen molar-refractivity contribution in [1.29, 1.82) is 0 Å². The third-order valence-corrected chi connectivity index (χ3v) is 4.51. The van der Waals surface area contributed by atoms with Crippen molar-refractivity contribution in [1.82, 2.24) is 0 Å². The summed E-state index contributed by atoms with van der Waals surface area (Å²) < 4.78 is 0. The molecule has 21 heavy (non-hydrogen) atoms. The predicted octanol–water partition coefficient (Wildman–Crippen LogP) is 5.04. The molecule has 1 nitrogen and oxygen atoms in total. The number of hydrogen-bond donors (Lipinski definition) is 1. The van der Waals surface area contributed by atoms with Crippen molar-refractivity contribution in [3.8, 4) is 0 Å². The summed E-state index contributed by atoms with van der Waals surface area (Å²) >= 11 is 0. The second-order valence-corrected chi connectivity index (χ2v) is 6.40. The Morgan fingerprint density at radius 1 is 0.952 bits per heavy atom. The van der Waals surface area contributed by atoms with E-state index in [4.69, 9.17) is 0 Å². The number of aryl methyl sites for hydroxylation is 1. The minimum atomic E-state index is -0.385. The lowest BCUT2D eigenvalue weighted by atomic mass is 9.82. The summed E-state index contributed by atoms with van der Waals surface area (Å²) in [5.74, 6) is 0. The van der Waals surface area contributed by atoms with Gasteiger partial charge in [-0.1, -0.05) is 75.4 Å². The van der Waals surface area contributed by atoms with E-state index in [1.807, 2.05) is 18.2 Å². The van der Waals surface area contributed by atoms with Crippen LogP contribution in [0.25, 0.3) is 0 Å². The summed E-state index contributed by atoms with van der Waals surface area (Å²) in [6.07, 6.45) is 2.40. The van der Waals surface area contributed by atoms with Gasteiger partial charge < -0.3 is 5.11 Å². The van der Waals surface area contributed by atoms with Crippen molar-refractivity contribution in [3.05, 3.63) is 71.3 Å². The van der Waals surface area contributed by atoms with Crippen molar-refractivity contribution in [2.45, 2.75) is 51.6 Å². The van der Waals surface area contributed by atoms with Crippen molar-refractivity contribution in [2.24, 2.45) is 0 Å². The van der Waals surface area contributed by atoms with E-state index in [9.17, 15) is 5.11 Å². The first-order valence-corrected chi connectivity index (χ1v) is 7.85. The molecule has 0 saturated heterocycles. The molecule has 0 aliphatic rings. The fraction of sp³-hybridized carbons (Fsp3) is 0.400. The van der Waals surface area contributed by atoms with E-state index in [1.165, 1.54) is 11.1 Å². The smallest absolute Gasteiger partial charge is 0.0793 e. The van der Waals surface area contributed by atoms with Gasteiger partial charge in [-0.2, -0.15) is 0 Å². The van der Waals surface area contributed by atoms with E-state index in [0.717, 1.165) is 24.8 Å². The van der Waals surface area contributed by atoms with Gasteiger partial charge in [0.25, 0.3) is 0 Å². The maximum Gasteiger partial charge on any atom is 0.0793 e. The Balaban J connectivity index is 1.98. The van der Waals surface area contributed by atoms with Crippen LogP contribution in [0.4, 0.5) is 0 Å². The average molecular weight is 282 g/mol. The van der Waals surface area contributed by atoms with E-state index >= 15 is 0 Å². The third-order valence-electron chi connectivity index (χ3n) is 4.51. The maximum absolute atomic E-state index is 10.3. The van der Waals surface area contributed by atoms with Crippen LogP contribution in [0.3, 0.4) is 0 Å². The van der Waals surface area contributed by atoms with E-state index in [1.54, 1.807) is 0 Å². The van der Waals surface area contributed by atoms with E-state index in [-0.39, 0.29) is 11.5 Å². The SMILES string of the molecule is CCC(C)(C)c1ccc(C(O)CCc2ccccc2)cc1. The monoisotopic (exact) mass is 282 g/mol. The lowest BCUT2D eigenvalue weighted by Gasteiger charge is -2.24. The van der Waals surface area contributed by atoms with Gasteiger partial charge in [0.2, 0.25) is 0 Å². The Bertz CT molecular complexity index is 540. The number of rotatable bonds is 6. The zero-order valence-electron chi connectivity index (χ0n) is 13.3. The normalized spacial score (nSPS) is 13.1. The lowest BCUT2D eigenvalue weighted by Crippen LogP contribution is -2.15. The second kappa shape index (κ2) is 6.91. The van der Waals surface area contributed by atoms with Crippen LogP contribution in [-0.4, -0.2) is 5.11 Å². The van der Waals surface area contributed by atoms with Gasteiger partial charge in [-0.15, -0.1) is 0 Å². The van der Waals surface area contributed by atoms with Crippen LogP contribution in [0.15, 0.2) is 54.6 Å². The number of aliphatic hydroxyl groups excluding tert-OH is 1. The summed E-state index contributed by atoms with van der Waals surface area (Å²) in [6, 6.07) is 18.8. The van der Waals surface area contributed by atoms with Crippen molar-refractivity contribution in [3.63, 3.8) is 0 Å². The molecule has 1 unspecified atom stereocenters. The van der Waals surface area contributed by atoms with Crippen LogP contribution >= 0.6 is 0 Å². The van der Waals surface area contributed by atoms with Crippen LogP contribution in [-0.2, 0) is 11.8 Å². The summed E-state index contributed by atoms with van der Waals surface area (Å²) in [6.45, 7) is 6.73. The first kappa shape index (κ1) is 15.8. The average Bonchev–Trinajstić information content (AvgIpc) is 2.53. The highest BCUT2D eigenvalue weighted by Gasteiger charge is 2.18. The van der Waals surface area contributed by atoms with E-state index < -0.39 is 0 Å². The highest BCUT2D eigenvalue weighted by Crippen LogP contribution is 2.28. The molecule has 0 aliphatic carbocycles. The fourth-order valence-corrected chi connectivity index (χ4v) is 2.48. The molecule has 2 aromatic rings. The van der Waals surface area contributed by atoms with Crippen LogP contribution in [0.5, 0.6) is 0 Å². The van der Waals surface area contributed by atoms with E-state index in [0.29, 0.717) is 0 Å². The zero-order chi connectivity index (χ0) is 15.3. The maximum atomic E-state index is 10.3. The standard InChI is InChI=1S/C20H26O/c1-4-20(2,3)18-13-11-17(12-14-18)19(21)15-10-16-8-6-5-7-9-16/h5-9,11-14,19,21H,4,10,15H2,1-3H3. The summed E-state index contributed by atoms with van der Waals surface area (Å²) in [5, 5.41) is 10.3. The molecule has 1 N–H and O–H groups in total. The lowest BCUT2D eigenvalue weighted by molar-refractivity contribution is 0.168. The number of benzene rings is 2. The number of hydrogen-bond acceptors (Lipinski definition) is 1. The summed E-state index contributed by atoms with van der Waals surface area (Å²) in [7, 11) is 0. The molecule has 2 rings (SSSR count). The molecule has 0 fully saturated rings. The number of aliphatic hydroxyl groups is 1. The quantitative estimate of drug-likeness (QED) is 0.787. The summed E-state index contributed by atoms with van der Waals surface area (Å²) in [4.78, 5) is 0. The molecule has 0 amide bonds.